The summed E-state index contributed by atoms with van der Waals surface area (Å²) in [6, 6.07) is 9.41. The Hall–Kier alpha value is -2.45. The van der Waals surface area contributed by atoms with Crippen LogP contribution in [-0.4, -0.2) is 36.1 Å². The fourth-order valence-corrected chi connectivity index (χ4v) is 2.66. The lowest BCUT2D eigenvalue weighted by Gasteiger charge is -2.22. The number of non-ortho nitro benzene ring substituents is 1. The van der Waals surface area contributed by atoms with E-state index >= 15 is 0 Å². The second-order valence-corrected chi connectivity index (χ2v) is 5.76. The van der Waals surface area contributed by atoms with E-state index in [1.54, 1.807) is 29.4 Å². The molecule has 7 nitrogen and oxygen atoms in total. The number of hydrogen-bond donors (Lipinski definition) is 1. The highest BCUT2D eigenvalue weighted by Gasteiger charge is 2.15. The van der Waals surface area contributed by atoms with Gasteiger partial charge in [-0.1, -0.05) is 12.1 Å². The van der Waals surface area contributed by atoms with Crippen molar-refractivity contribution in [3.05, 3.63) is 56.8 Å². The van der Waals surface area contributed by atoms with E-state index in [0.29, 0.717) is 25.4 Å². The zero-order chi connectivity index (χ0) is 16.7. The summed E-state index contributed by atoms with van der Waals surface area (Å²) >= 11 is 1.56. The number of methoxy groups -OCH3 is 1. The zero-order valence-electron chi connectivity index (χ0n) is 12.6. The Balaban J connectivity index is 2.07. The van der Waals surface area contributed by atoms with Crippen molar-refractivity contribution in [1.82, 2.24) is 4.90 Å². The third-order valence-corrected chi connectivity index (χ3v) is 3.95. The summed E-state index contributed by atoms with van der Waals surface area (Å²) in [6.07, 6.45) is 0. The second-order valence-electron chi connectivity index (χ2n) is 4.73. The topological polar surface area (TPSA) is 84.7 Å². The smallest absolute Gasteiger partial charge is 0.322 e. The molecule has 8 heteroatoms. The number of rotatable bonds is 7. The first kappa shape index (κ1) is 16.9. The number of amides is 2. The lowest BCUT2D eigenvalue weighted by atomic mass is 10.3. The van der Waals surface area contributed by atoms with Crippen molar-refractivity contribution in [2.75, 3.05) is 25.6 Å². The number of carbonyl (C=O) groups excluding carboxylic acids is 1. The van der Waals surface area contributed by atoms with Gasteiger partial charge < -0.3 is 15.0 Å². The van der Waals surface area contributed by atoms with E-state index in [1.807, 2.05) is 17.5 Å². The van der Waals surface area contributed by atoms with Gasteiger partial charge in [-0.25, -0.2) is 4.79 Å². The van der Waals surface area contributed by atoms with Gasteiger partial charge >= 0.3 is 6.03 Å². The summed E-state index contributed by atoms with van der Waals surface area (Å²) in [5.41, 5.74) is 0.322. The minimum Gasteiger partial charge on any atom is -0.383 e. The van der Waals surface area contributed by atoms with Crippen molar-refractivity contribution < 1.29 is 14.5 Å². The van der Waals surface area contributed by atoms with Crippen LogP contribution < -0.4 is 5.32 Å². The van der Waals surface area contributed by atoms with Crippen molar-refractivity contribution in [1.29, 1.82) is 0 Å². The Morgan fingerprint density at radius 3 is 2.87 bits per heavy atom. The highest BCUT2D eigenvalue weighted by atomic mass is 32.1. The normalized spacial score (nSPS) is 10.3. The van der Waals surface area contributed by atoms with Gasteiger partial charge in [0, 0.05) is 36.4 Å². The maximum Gasteiger partial charge on any atom is 0.322 e. The minimum atomic E-state index is -0.496. The number of nitro groups is 1. The van der Waals surface area contributed by atoms with E-state index < -0.39 is 4.92 Å². The van der Waals surface area contributed by atoms with E-state index in [1.165, 1.54) is 18.2 Å². The molecular formula is C15H17N3O4S. The van der Waals surface area contributed by atoms with Crippen LogP contribution in [0.25, 0.3) is 0 Å². The summed E-state index contributed by atoms with van der Waals surface area (Å²) in [4.78, 5) is 25.4. The van der Waals surface area contributed by atoms with E-state index in [2.05, 4.69) is 5.32 Å². The Bertz CT molecular complexity index is 661. The molecule has 1 aromatic heterocycles. The molecule has 1 aromatic carbocycles. The Morgan fingerprint density at radius 2 is 2.22 bits per heavy atom. The Labute approximate surface area is 137 Å². The number of nitrogens with zero attached hydrogens (tertiary/aromatic N) is 2. The van der Waals surface area contributed by atoms with Gasteiger partial charge in [0.2, 0.25) is 0 Å². The first-order valence-corrected chi connectivity index (χ1v) is 7.80. The summed E-state index contributed by atoms with van der Waals surface area (Å²) in [6.45, 7) is 1.30. The average Bonchev–Trinajstić information content (AvgIpc) is 3.04. The highest BCUT2D eigenvalue weighted by molar-refractivity contribution is 7.09. The number of urea groups is 1. The number of nitrogens with one attached hydrogen (secondary N) is 1. The van der Waals surface area contributed by atoms with Gasteiger partial charge in [-0.2, -0.15) is 0 Å². The van der Waals surface area contributed by atoms with Gasteiger partial charge in [-0.05, 0) is 17.5 Å². The van der Waals surface area contributed by atoms with Gasteiger partial charge in [0.15, 0.2) is 0 Å². The molecule has 1 heterocycles. The average molecular weight is 335 g/mol. The number of hydrogen-bond acceptors (Lipinski definition) is 5. The standard InChI is InChI=1S/C15H17N3O4S/c1-22-8-7-17(11-14-6-3-9-23-14)15(19)16-12-4-2-5-13(10-12)18(20)21/h2-6,9-10H,7-8,11H2,1H3,(H,16,19). The van der Waals surface area contributed by atoms with E-state index in [0.717, 1.165) is 4.88 Å². The van der Waals surface area contributed by atoms with Crippen molar-refractivity contribution >= 4 is 28.7 Å². The lowest BCUT2D eigenvalue weighted by molar-refractivity contribution is -0.384. The Morgan fingerprint density at radius 1 is 1.39 bits per heavy atom. The number of anilines is 1. The van der Waals surface area contributed by atoms with Gasteiger partial charge in [-0.3, -0.25) is 10.1 Å². The molecule has 23 heavy (non-hydrogen) atoms. The van der Waals surface area contributed by atoms with E-state index in [9.17, 15) is 14.9 Å². The molecule has 0 aliphatic carbocycles. The summed E-state index contributed by atoms with van der Waals surface area (Å²) in [7, 11) is 1.57. The van der Waals surface area contributed by atoms with Crippen LogP contribution in [0.2, 0.25) is 0 Å². The molecule has 0 saturated carbocycles. The first-order chi connectivity index (χ1) is 11.1. The fourth-order valence-electron chi connectivity index (χ4n) is 1.94. The molecule has 2 rings (SSSR count). The molecule has 1 N–H and O–H groups in total. The molecule has 122 valence electrons. The van der Waals surface area contributed by atoms with E-state index in [4.69, 9.17) is 4.74 Å². The number of thiophene rings is 1. The highest BCUT2D eigenvalue weighted by Crippen LogP contribution is 2.18. The molecule has 0 spiro atoms. The van der Waals surface area contributed by atoms with Crippen molar-refractivity contribution in [2.24, 2.45) is 0 Å². The maximum atomic E-state index is 12.4. The predicted molar refractivity (Wildman–Crippen MR) is 88.7 cm³/mol. The van der Waals surface area contributed by atoms with Gasteiger partial charge in [0.1, 0.15) is 0 Å². The van der Waals surface area contributed by atoms with Crippen LogP contribution in [0.4, 0.5) is 16.2 Å². The second kappa shape index (κ2) is 8.25. The molecule has 2 aromatic rings. The van der Waals surface area contributed by atoms with Crippen LogP contribution in [0.3, 0.4) is 0 Å². The van der Waals surface area contributed by atoms with Gasteiger partial charge in [0.05, 0.1) is 18.1 Å². The molecule has 0 fully saturated rings. The first-order valence-electron chi connectivity index (χ1n) is 6.92. The lowest BCUT2D eigenvalue weighted by Crippen LogP contribution is -2.36. The van der Waals surface area contributed by atoms with Crippen LogP contribution in [0.5, 0.6) is 0 Å². The Kier molecular flexibility index (Phi) is 6.07. The molecule has 0 aliphatic heterocycles. The quantitative estimate of drug-likeness (QED) is 0.621. The van der Waals surface area contributed by atoms with Gasteiger partial charge in [-0.15, -0.1) is 11.3 Å². The largest absolute Gasteiger partial charge is 0.383 e. The number of nitro benzene ring substituents is 1. The van der Waals surface area contributed by atoms with E-state index in [-0.39, 0.29) is 11.7 Å². The van der Waals surface area contributed by atoms with Crippen molar-refractivity contribution in [3.8, 4) is 0 Å². The third kappa shape index (κ3) is 5.04. The monoisotopic (exact) mass is 335 g/mol. The van der Waals surface area contributed by atoms with Crippen LogP contribution in [0.15, 0.2) is 41.8 Å². The fraction of sp³-hybridized carbons (Fsp3) is 0.267. The number of carbonyl (C=O) groups is 1. The molecule has 0 aliphatic rings. The zero-order valence-corrected chi connectivity index (χ0v) is 13.4. The molecule has 2 amide bonds. The minimum absolute atomic E-state index is 0.0653. The SMILES string of the molecule is COCCN(Cc1cccs1)C(=O)Nc1cccc([N+](=O)[O-])c1. The molecular weight excluding hydrogens is 318 g/mol. The number of benzene rings is 1. The predicted octanol–water partition coefficient (Wildman–Crippen LogP) is 3.34. The molecule has 0 unspecified atom stereocenters. The molecule has 0 radical (unpaired) electrons. The molecule has 0 bridgehead atoms. The van der Waals surface area contributed by atoms with Crippen LogP contribution in [0, 0.1) is 10.1 Å². The van der Waals surface area contributed by atoms with Crippen molar-refractivity contribution in [3.63, 3.8) is 0 Å². The van der Waals surface area contributed by atoms with Crippen LogP contribution in [0.1, 0.15) is 4.88 Å². The summed E-state index contributed by atoms with van der Waals surface area (Å²) < 4.78 is 5.03. The molecule has 0 atom stereocenters. The van der Waals surface area contributed by atoms with Crippen LogP contribution in [-0.2, 0) is 11.3 Å². The maximum absolute atomic E-state index is 12.4. The van der Waals surface area contributed by atoms with Crippen LogP contribution >= 0.6 is 11.3 Å². The number of ether oxygens (including phenoxy) is 1. The molecule has 0 saturated heterocycles. The third-order valence-electron chi connectivity index (χ3n) is 3.09. The van der Waals surface area contributed by atoms with Gasteiger partial charge in [0.25, 0.3) is 5.69 Å². The summed E-state index contributed by atoms with van der Waals surface area (Å²) in [5, 5.41) is 15.4. The van der Waals surface area contributed by atoms with Crippen molar-refractivity contribution in [2.45, 2.75) is 6.54 Å². The summed E-state index contributed by atoms with van der Waals surface area (Å²) in [5.74, 6) is 0.